The topological polar surface area (TPSA) is 184 Å². The van der Waals surface area contributed by atoms with Crippen LogP contribution in [-0.2, 0) is 57.1 Å². The van der Waals surface area contributed by atoms with Crippen LogP contribution in [0.25, 0.3) is 0 Å². The van der Waals surface area contributed by atoms with Crippen molar-refractivity contribution in [1.82, 2.24) is 0 Å². The first-order chi connectivity index (χ1) is 47.3. The van der Waals surface area contributed by atoms with E-state index in [2.05, 4.69) is 76.2 Å². The van der Waals surface area contributed by atoms with Gasteiger partial charge in [0.1, 0.15) is 19.8 Å². The Hall–Kier alpha value is -4.49. The van der Waals surface area contributed by atoms with Crippen molar-refractivity contribution in [2.45, 2.75) is 385 Å². The number of carbonyl (C=O) groups excluding carboxylic acids is 7. The molecule has 98 heavy (non-hydrogen) atoms. The van der Waals surface area contributed by atoms with Gasteiger partial charge >= 0.3 is 41.8 Å². The molecule has 0 aliphatic carbocycles. The van der Waals surface area contributed by atoms with Crippen LogP contribution in [0, 0.1) is 29.1 Å². The number of unbranched alkanes of at least 4 members (excludes halogenated alkanes) is 29. The molecule has 0 saturated carbocycles. The van der Waals surface area contributed by atoms with E-state index in [4.69, 9.17) is 33.2 Å². The molecule has 0 bridgehead atoms. The third-order valence-electron chi connectivity index (χ3n) is 17.9. The molecule has 14 heteroatoms. The Bertz CT molecular complexity index is 1880. The molecule has 0 heterocycles. The molecule has 1 aromatic carbocycles. The molecule has 0 aliphatic rings. The van der Waals surface area contributed by atoms with Gasteiger partial charge in [-0.15, -0.1) is 0 Å². The van der Waals surface area contributed by atoms with Crippen molar-refractivity contribution in [3.05, 3.63) is 35.4 Å². The molecule has 0 N–H and O–H groups in total. The summed E-state index contributed by atoms with van der Waals surface area (Å²) >= 11 is 0. The van der Waals surface area contributed by atoms with Crippen LogP contribution >= 0.6 is 0 Å². The van der Waals surface area contributed by atoms with Crippen LogP contribution in [0.1, 0.15) is 406 Å². The highest BCUT2D eigenvalue weighted by Gasteiger charge is 2.34. The van der Waals surface area contributed by atoms with Crippen molar-refractivity contribution in [3.8, 4) is 0 Å². The fraction of sp³-hybridized carbons (Fsp3) is 0.845. The highest BCUT2D eigenvalue weighted by atomic mass is 16.6. The van der Waals surface area contributed by atoms with Gasteiger partial charge in [-0.05, 0) is 100 Å². The smallest absolute Gasteiger partial charge is 0.339 e. The van der Waals surface area contributed by atoms with Crippen LogP contribution in [0.15, 0.2) is 24.3 Å². The maximum absolute atomic E-state index is 12.5. The second kappa shape index (κ2) is 69.6. The van der Waals surface area contributed by atoms with Crippen LogP contribution in [0.5, 0.6) is 0 Å². The Kier molecular flexibility index (Phi) is 67.9. The fourth-order valence-electron chi connectivity index (χ4n) is 11.1. The number of esters is 7. The Labute approximate surface area is 601 Å². The predicted octanol–water partition coefficient (Wildman–Crippen LogP) is 23.7. The summed E-state index contributed by atoms with van der Waals surface area (Å²) in [6, 6.07) is 6.75. The van der Waals surface area contributed by atoms with Gasteiger partial charge in [-0.2, -0.15) is 0 Å². The first kappa shape index (κ1) is 95.6. The van der Waals surface area contributed by atoms with E-state index >= 15 is 0 Å². The van der Waals surface area contributed by atoms with Gasteiger partial charge in [0.2, 0.25) is 0 Å². The summed E-state index contributed by atoms with van der Waals surface area (Å²) in [6.45, 7) is 28.5. The molecule has 14 nitrogen and oxygen atoms in total. The van der Waals surface area contributed by atoms with Crippen LogP contribution in [0.4, 0.5) is 0 Å². The lowest BCUT2D eigenvalue weighted by Crippen LogP contribution is -2.39. The van der Waals surface area contributed by atoms with E-state index in [0.717, 1.165) is 146 Å². The standard InChI is InChI=1S/C36H68O6.C26H42O4.C22H42O4/c1-5-9-12-15-18-21-24-27-33(37)40-30-36(8-4,31-41-34(38)28-25-22-19-16-13-10-6-2)32-42-35(39)29-26-23-20-17-14-11-7-3;1-21(2)15-9-5-7-13-19-29-25(27)23-17-11-12-18-24(23)26(28)30-20-14-8-6-10-16-22(3)4;1-19(2)13-7-5-11-17-25-21(23)15-9-10-16-22(24)26-18-12-6-8-14-20(3)4/h5-32H2,1-4H3;11-12,17-18,21-22H,5-10,13-16,19-20H2,1-4H3;19-20H,5-18H2,1-4H3. The molecule has 0 aliphatic heterocycles. The Morgan fingerprint density at radius 2 is 0.490 bits per heavy atom. The number of ether oxygens (including phenoxy) is 7. The Morgan fingerprint density at radius 1 is 0.276 bits per heavy atom. The molecule has 0 saturated heterocycles. The van der Waals surface area contributed by atoms with E-state index in [1.54, 1.807) is 24.3 Å². The van der Waals surface area contributed by atoms with Crippen LogP contribution in [0.2, 0.25) is 0 Å². The van der Waals surface area contributed by atoms with Crippen LogP contribution in [0.3, 0.4) is 0 Å². The maximum Gasteiger partial charge on any atom is 0.339 e. The third-order valence-corrected chi connectivity index (χ3v) is 17.9. The van der Waals surface area contributed by atoms with Gasteiger partial charge in [0.25, 0.3) is 0 Å². The molecule has 0 aromatic heterocycles. The first-order valence-corrected chi connectivity index (χ1v) is 40.5. The second-order valence-electron chi connectivity index (χ2n) is 29.6. The molecule has 1 aromatic rings. The largest absolute Gasteiger partial charge is 0.466 e. The normalized spacial score (nSPS) is 11.3. The molecule has 1 rings (SSSR count). The number of hydrogen-bond donors (Lipinski definition) is 0. The molecule has 0 radical (unpaired) electrons. The van der Waals surface area contributed by atoms with Gasteiger partial charge in [-0.1, -0.05) is 301 Å². The summed E-state index contributed by atoms with van der Waals surface area (Å²) in [4.78, 5) is 85.6. The minimum absolute atomic E-state index is 0.0915. The molecule has 0 atom stereocenters. The van der Waals surface area contributed by atoms with Gasteiger partial charge in [0, 0.05) is 32.1 Å². The summed E-state index contributed by atoms with van der Waals surface area (Å²) in [6.07, 6.45) is 48.0. The van der Waals surface area contributed by atoms with Crippen molar-refractivity contribution >= 4 is 41.8 Å². The summed E-state index contributed by atoms with van der Waals surface area (Å²) in [5, 5.41) is 0. The fourth-order valence-corrected chi connectivity index (χ4v) is 11.1. The quantitative estimate of drug-likeness (QED) is 0.0341. The number of rotatable bonds is 64. The minimum Gasteiger partial charge on any atom is -0.466 e. The Morgan fingerprint density at radius 3 is 0.755 bits per heavy atom. The molecule has 0 fully saturated rings. The van der Waals surface area contributed by atoms with Crippen LogP contribution < -0.4 is 0 Å². The molecule has 0 unspecified atom stereocenters. The Balaban J connectivity index is 0. The lowest BCUT2D eigenvalue weighted by Gasteiger charge is -2.31. The first-order valence-electron chi connectivity index (χ1n) is 40.5. The third kappa shape index (κ3) is 64.9. The van der Waals surface area contributed by atoms with Gasteiger partial charge < -0.3 is 33.2 Å². The molecule has 0 amide bonds. The van der Waals surface area contributed by atoms with Gasteiger partial charge in [0.05, 0.1) is 43.0 Å². The maximum atomic E-state index is 12.5. The number of benzene rings is 1. The monoisotopic (exact) mass is 1390 g/mol. The van der Waals surface area contributed by atoms with Gasteiger partial charge in [-0.3, -0.25) is 24.0 Å². The molecular weight excluding hydrogens is 1230 g/mol. The van der Waals surface area contributed by atoms with Crippen molar-refractivity contribution in [1.29, 1.82) is 0 Å². The van der Waals surface area contributed by atoms with Crippen molar-refractivity contribution in [2.75, 3.05) is 46.2 Å². The van der Waals surface area contributed by atoms with Gasteiger partial charge in [-0.25, -0.2) is 9.59 Å². The highest BCUT2D eigenvalue weighted by Crippen LogP contribution is 2.26. The number of carbonyl (C=O) groups is 7. The van der Waals surface area contributed by atoms with Gasteiger partial charge in [0.15, 0.2) is 0 Å². The van der Waals surface area contributed by atoms with E-state index in [9.17, 15) is 33.6 Å². The van der Waals surface area contributed by atoms with Crippen molar-refractivity contribution in [2.24, 2.45) is 29.1 Å². The highest BCUT2D eigenvalue weighted by molar-refractivity contribution is 6.03. The predicted molar refractivity (Wildman–Crippen MR) is 403 cm³/mol. The lowest BCUT2D eigenvalue weighted by molar-refractivity contribution is -0.162. The zero-order chi connectivity index (χ0) is 73.0. The summed E-state index contributed by atoms with van der Waals surface area (Å²) in [7, 11) is 0. The van der Waals surface area contributed by atoms with E-state index in [1.807, 2.05) is 6.92 Å². The van der Waals surface area contributed by atoms with E-state index in [0.29, 0.717) is 88.9 Å². The zero-order valence-corrected chi connectivity index (χ0v) is 65.5. The summed E-state index contributed by atoms with van der Waals surface area (Å²) in [5.74, 6) is 1.09. The summed E-state index contributed by atoms with van der Waals surface area (Å²) in [5.41, 5.74) is -0.139. The van der Waals surface area contributed by atoms with E-state index in [-0.39, 0.29) is 49.7 Å². The van der Waals surface area contributed by atoms with Crippen molar-refractivity contribution in [3.63, 3.8) is 0 Å². The second-order valence-corrected chi connectivity index (χ2v) is 29.6. The minimum atomic E-state index is -0.721. The number of hydrogen-bond acceptors (Lipinski definition) is 14. The van der Waals surface area contributed by atoms with Crippen molar-refractivity contribution < 1.29 is 66.7 Å². The average Bonchev–Trinajstić information content (AvgIpc) is 0.856. The molecule has 0 spiro atoms. The van der Waals surface area contributed by atoms with E-state index in [1.165, 1.54) is 128 Å². The van der Waals surface area contributed by atoms with E-state index < -0.39 is 17.4 Å². The molecule has 572 valence electrons. The average molecular weight is 1390 g/mol. The SMILES string of the molecule is CC(C)CCCCCCOC(=O)c1ccccc1C(=O)OCCCCCCC(C)C.CC(C)CCCCCOC(=O)CCCCC(=O)OCCCCCC(C)C.CCCCCCCCCC(=O)OCC(CC)(COC(=O)CCCCCCCCC)COC(=O)CCCCCCCCC. The molecular formula is C84H152O14. The van der Waals surface area contributed by atoms with Crippen LogP contribution in [-0.4, -0.2) is 88.0 Å². The summed E-state index contributed by atoms with van der Waals surface area (Å²) < 4.78 is 38.2. The zero-order valence-electron chi connectivity index (χ0n) is 65.5. The lowest BCUT2D eigenvalue weighted by atomic mass is 9.88.